The summed E-state index contributed by atoms with van der Waals surface area (Å²) in [7, 11) is 0. The first-order chi connectivity index (χ1) is 54.0. The fourth-order valence-electron chi connectivity index (χ4n) is 18.3. The average molecular weight is 1540 g/mol. The molecule has 12 rings (SSSR count). The standard InChI is InChI=1S/C93H110N4O16/c1-62(2)105-46-47-107-70-38-30-64(31-39-70)93(79-26-18-14-22-75(79)76-23-15-19-27-80(76)93)65-32-40-71(41-33-65)108-48-49-110-84(103)96-67-52-87(5,6)57-90(10,55-67)59-95-83(102)111-60-91(11,82(100)101)61-112-85(104)97-68-53-86(3,4)56-89(9,54-68)58-94-81(99)88(7,8)113-51-50-109-72-42-34-66(35-43-72)92(63-28-36-69(37-29-63)106-45-44-98)77-24-16-12-20-73(77)74-21-13-17-25-78(74)92/h12-43,62,67-68,98H,44-61H2,1-11H3,(H,94,99)(H,95,102)(H,96,103)(H,97,104)(H,100,101). The number of aliphatic hydroxyl groups is 1. The van der Waals surface area contributed by atoms with Gasteiger partial charge in [-0.3, -0.25) is 9.59 Å². The molecule has 6 N–H and O–H groups in total. The van der Waals surface area contributed by atoms with Crippen LogP contribution in [0.3, 0.4) is 0 Å². The molecule has 0 heterocycles. The lowest BCUT2D eigenvalue weighted by Gasteiger charge is -2.47. The van der Waals surface area contributed by atoms with Crippen LogP contribution < -0.4 is 40.2 Å². The number of benzene rings is 8. The summed E-state index contributed by atoms with van der Waals surface area (Å²) in [6, 6.07) is 66.0. The number of amides is 4. The van der Waals surface area contributed by atoms with Crippen molar-refractivity contribution in [3.05, 3.63) is 239 Å². The van der Waals surface area contributed by atoms with Crippen LogP contribution in [0.5, 0.6) is 23.0 Å². The van der Waals surface area contributed by atoms with Crippen LogP contribution in [0, 0.1) is 27.1 Å². The highest BCUT2D eigenvalue weighted by atomic mass is 16.6. The van der Waals surface area contributed by atoms with Crippen molar-refractivity contribution in [2.24, 2.45) is 27.1 Å². The fourth-order valence-corrected chi connectivity index (χ4v) is 18.3. The predicted molar refractivity (Wildman–Crippen MR) is 434 cm³/mol. The van der Waals surface area contributed by atoms with Gasteiger partial charge in [0, 0.05) is 25.2 Å². The molecular weight excluding hydrogens is 1430 g/mol. The Morgan fingerprint density at radius 2 is 0.770 bits per heavy atom. The van der Waals surface area contributed by atoms with Gasteiger partial charge < -0.3 is 74.1 Å². The number of hydrogen-bond donors (Lipinski definition) is 6. The molecule has 5 atom stereocenters. The lowest BCUT2D eigenvalue weighted by molar-refractivity contribution is -0.153. The average Bonchev–Trinajstić information content (AvgIpc) is 1.55. The molecule has 113 heavy (non-hydrogen) atoms. The Kier molecular flexibility index (Phi) is 25.1. The predicted octanol–water partition coefficient (Wildman–Crippen LogP) is 16.4. The van der Waals surface area contributed by atoms with Gasteiger partial charge in [0.05, 0.1) is 36.8 Å². The summed E-state index contributed by atoms with van der Waals surface area (Å²) in [4.78, 5) is 67.0. The van der Waals surface area contributed by atoms with Gasteiger partial charge in [0.15, 0.2) is 0 Å². The minimum Gasteiger partial charge on any atom is -0.491 e. The number of carbonyl (C=O) groups is 5. The first-order valence-electron chi connectivity index (χ1n) is 39.4. The van der Waals surface area contributed by atoms with Crippen molar-refractivity contribution in [1.82, 2.24) is 21.3 Å². The van der Waals surface area contributed by atoms with Gasteiger partial charge in [-0.25, -0.2) is 14.4 Å². The van der Waals surface area contributed by atoms with Gasteiger partial charge in [0.25, 0.3) is 5.91 Å². The smallest absolute Gasteiger partial charge is 0.407 e. The van der Waals surface area contributed by atoms with Gasteiger partial charge in [-0.05, 0) is 210 Å². The first kappa shape index (κ1) is 82.1. The lowest BCUT2D eigenvalue weighted by Crippen LogP contribution is -2.53. The van der Waals surface area contributed by atoms with E-state index < -0.39 is 70.1 Å². The Bertz CT molecular complexity index is 4550. The van der Waals surface area contributed by atoms with Gasteiger partial charge in [0.1, 0.15) is 80.3 Å². The number of fused-ring (bicyclic) bond motifs is 6. The molecule has 20 heteroatoms. The van der Waals surface area contributed by atoms with Crippen molar-refractivity contribution in [1.29, 1.82) is 0 Å². The summed E-state index contributed by atoms with van der Waals surface area (Å²) in [5.41, 5.74) is 7.95. The fraction of sp³-hybridized carbons (Fsp3) is 0.430. The second-order valence-corrected chi connectivity index (χ2v) is 34.2. The molecule has 0 radical (unpaired) electrons. The second-order valence-electron chi connectivity index (χ2n) is 34.2. The van der Waals surface area contributed by atoms with E-state index in [0.29, 0.717) is 69.1 Å². The van der Waals surface area contributed by atoms with Crippen LogP contribution in [0.4, 0.5) is 14.4 Å². The second kappa shape index (κ2) is 34.5. The van der Waals surface area contributed by atoms with Crippen LogP contribution in [0.2, 0.25) is 0 Å². The third-order valence-electron chi connectivity index (χ3n) is 22.6. The van der Waals surface area contributed by atoms with Crippen LogP contribution in [0.15, 0.2) is 194 Å². The molecule has 598 valence electrons. The highest BCUT2D eigenvalue weighted by Gasteiger charge is 2.50. The number of alkyl carbamates (subject to hydrolysis) is 3. The summed E-state index contributed by atoms with van der Waals surface area (Å²) >= 11 is 0. The minimum atomic E-state index is -1.80. The Morgan fingerprint density at radius 1 is 0.425 bits per heavy atom. The molecule has 20 nitrogen and oxygen atoms in total. The van der Waals surface area contributed by atoms with Crippen molar-refractivity contribution in [2.45, 2.75) is 149 Å². The molecule has 0 saturated heterocycles. The van der Waals surface area contributed by atoms with Crippen LogP contribution >= 0.6 is 0 Å². The molecule has 8 aromatic rings. The number of ether oxygens (including phenoxy) is 9. The molecule has 4 aliphatic rings. The Balaban J connectivity index is 0.568. The number of aliphatic hydroxyl groups excluding tert-OH is 1. The molecule has 4 amide bonds. The number of rotatable bonds is 33. The summed E-state index contributed by atoms with van der Waals surface area (Å²) in [5, 5.41) is 31.8. The number of hydrogen-bond acceptors (Lipinski definition) is 15. The zero-order valence-corrected chi connectivity index (χ0v) is 67.0. The Morgan fingerprint density at radius 3 is 1.15 bits per heavy atom. The highest BCUT2D eigenvalue weighted by Crippen LogP contribution is 2.58. The summed E-state index contributed by atoms with van der Waals surface area (Å²) in [5.74, 6) is 1.08. The van der Waals surface area contributed by atoms with E-state index in [0.717, 1.165) is 34.4 Å². The van der Waals surface area contributed by atoms with E-state index in [2.05, 4.69) is 201 Å². The SMILES string of the molecule is CC(C)OCCOc1ccc(C2(c3ccc(OCCOC(=O)NC4CC(C)(C)CC(C)(CNC(=O)OCC(C)(COC(=O)NC5CC(C)(C)CC(C)(CNC(=O)C(C)(C)OCCOc6ccc(C7(c8ccc(OCCO)cc8)c8ccccc8-c8ccccc87)cc6)C5)C(=O)O)C4)cc3)c3ccccc3-c3ccccc32)cc1. The molecule has 4 aliphatic carbocycles. The van der Waals surface area contributed by atoms with E-state index in [-0.39, 0.29) is 81.1 Å². The van der Waals surface area contributed by atoms with E-state index >= 15 is 0 Å². The van der Waals surface area contributed by atoms with Gasteiger partial charge >= 0.3 is 24.2 Å². The van der Waals surface area contributed by atoms with E-state index in [1.54, 1.807) is 13.8 Å². The topological polar surface area (TPSA) is 257 Å². The van der Waals surface area contributed by atoms with Crippen molar-refractivity contribution < 1.29 is 76.8 Å². The summed E-state index contributed by atoms with van der Waals surface area (Å²) < 4.78 is 52.9. The van der Waals surface area contributed by atoms with Crippen LogP contribution in [0.25, 0.3) is 22.3 Å². The summed E-state index contributed by atoms with van der Waals surface area (Å²) in [6.07, 6.45) is 1.61. The largest absolute Gasteiger partial charge is 0.491 e. The van der Waals surface area contributed by atoms with E-state index in [4.69, 9.17) is 42.6 Å². The highest BCUT2D eigenvalue weighted by molar-refractivity contribution is 5.88. The Labute approximate surface area is 664 Å². The zero-order valence-electron chi connectivity index (χ0n) is 67.0. The maximum absolute atomic E-state index is 13.9. The number of carbonyl (C=O) groups excluding carboxylic acids is 4. The van der Waals surface area contributed by atoms with E-state index in [9.17, 15) is 34.2 Å². The lowest BCUT2D eigenvalue weighted by atomic mass is 9.62. The van der Waals surface area contributed by atoms with Crippen molar-refractivity contribution in [3.63, 3.8) is 0 Å². The third-order valence-corrected chi connectivity index (χ3v) is 22.6. The molecule has 2 fully saturated rings. The molecule has 0 spiro atoms. The number of nitrogens with one attached hydrogen (secondary N) is 4. The molecule has 0 aromatic heterocycles. The van der Waals surface area contributed by atoms with Crippen molar-refractivity contribution in [2.75, 3.05) is 79.2 Å². The first-order valence-corrected chi connectivity index (χ1v) is 39.4. The van der Waals surface area contributed by atoms with Crippen molar-refractivity contribution in [3.8, 4) is 45.3 Å². The van der Waals surface area contributed by atoms with Crippen LogP contribution in [-0.4, -0.2) is 143 Å². The van der Waals surface area contributed by atoms with Crippen molar-refractivity contribution >= 4 is 30.2 Å². The maximum atomic E-state index is 13.9. The maximum Gasteiger partial charge on any atom is 0.407 e. The Hall–Kier alpha value is -10.4. The molecule has 0 aliphatic heterocycles. The van der Waals surface area contributed by atoms with Gasteiger partial charge in [-0.1, -0.05) is 187 Å². The summed E-state index contributed by atoms with van der Waals surface area (Å²) in [6.45, 7) is 22.1. The zero-order chi connectivity index (χ0) is 80.4. The van der Waals surface area contributed by atoms with Gasteiger partial charge in [-0.15, -0.1) is 0 Å². The molecular formula is C93H110N4O16. The van der Waals surface area contributed by atoms with E-state index in [1.165, 1.54) is 51.4 Å². The monoisotopic (exact) mass is 1540 g/mol. The van der Waals surface area contributed by atoms with Gasteiger partial charge in [0.2, 0.25) is 0 Å². The van der Waals surface area contributed by atoms with Crippen LogP contribution in [0.1, 0.15) is 159 Å². The van der Waals surface area contributed by atoms with Crippen LogP contribution in [-0.2, 0) is 44.1 Å². The molecule has 5 unspecified atom stereocenters. The molecule has 8 aromatic carbocycles. The number of aliphatic carboxylic acids is 1. The van der Waals surface area contributed by atoms with E-state index in [1.807, 2.05) is 69.3 Å². The molecule has 0 bridgehead atoms. The quantitative estimate of drug-likeness (QED) is 0.0165. The third kappa shape index (κ3) is 18.8. The molecule has 2 saturated carbocycles. The normalized spacial score (nSPS) is 19.8. The minimum absolute atomic E-state index is 0.00253. The number of carboxylic acids is 1. The van der Waals surface area contributed by atoms with Gasteiger partial charge in [-0.2, -0.15) is 0 Å². The number of carboxylic acid groups (broad SMARTS) is 1.